The van der Waals surface area contributed by atoms with Gasteiger partial charge in [0.15, 0.2) is 0 Å². The topological polar surface area (TPSA) is 58.6 Å². The second kappa shape index (κ2) is 13.2. The molecule has 0 aliphatic carbocycles. The number of rotatable bonds is 8. The summed E-state index contributed by atoms with van der Waals surface area (Å²) in [4.78, 5) is 24.9. The Morgan fingerprint density at radius 1 is 1.15 bits per heavy atom. The molecular weight excluding hydrogens is 431 g/mol. The van der Waals surface area contributed by atoms with Crippen LogP contribution in [0.25, 0.3) is 0 Å². The minimum atomic E-state index is -0.353. The van der Waals surface area contributed by atoms with E-state index >= 15 is 0 Å². The third kappa shape index (κ3) is 9.26. The molecule has 0 radical (unpaired) electrons. The second-order valence-corrected chi connectivity index (χ2v) is 9.83. The van der Waals surface area contributed by atoms with Gasteiger partial charge < -0.3 is 15.0 Å². The number of likely N-dealkylation sites (tertiary alicyclic amines) is 1. The third-order valence-electron chi connectivity index (χ3n) is 6.22. The molecule has 0 bridgehead atoms. The van der Waals surface area contributed by atoms with Gasteiger partial charge in [0.05, 0.1) is 6.61 Å². The number of hydrogen-bond donors (Lipinski definition) is 1. The van der Waals surface area contributed by atoms with Crippen LogP contribution in [0.5, 0.6) is 5.75 Å². The highest BCUT2D eigenvalue weighted by atomic mass is 19.1. The molecule has 6 heteroatoms. The van der Waals surface area contributed by atoms with Crippen LogP contribution in [0.15, 0.2) is 42.5 Å². The molecule has 1 fully saturated rings. The molecule has 0 unspecified atom stereocenters. The summed E-state index contributed by atoms with van der Waals surface area (Å²) in [5, 5.41) is 3.25. The van der Waals surface area contributed by atoms with Crippen LogP contribution in [0.3, 0.4) is 0 Å². The number of ether oxygens (including phenoxy) is 1. The number of halogens is 1. The standard InChI is InChI=1S/C21H34N2O2.C7H5FO/c1-16-7-8-17(2)19(15-16)25-14-6-11-21(3,4)20(24)22-18-9-12-23(5)13-10-18;8-7-3-1-6(5-9)2-4-7/h7-8,15,18H,6,9-14H2,1-5H3,(H,22,24);1-5H. The molecule has 1 aliphatic rings. The maximum absolute atomic E-state index is 12.6. The van der Waals surface area contributed by atoms with Crippen molar-refractivity contribution in [2.45, 2.75) is 59.4 Å². The van der Waals surface area contributed by atoms with Crippen molar-refractivity contribution in [3.63, 3.8) is 0 Å². The van der Waals surface area contributed by atoms with E-state index in [9.17, 15) is 14.0 Å². The first-order chi connectivity index (χ1) is 16.1. The van der Waals surface area contributed by atoms with Crippen molar-refractivity contribution in [1.29, 1.82) is 0 Å². The number of nitrogens with one attached hydrogen (secondary N) is 1. The Morgan fingerprint density at radius 3 is 2.41 bits per heavy atom. The second-order valence-electron chi connectivity index (χ2n) is 9.83. The highest BCUT2D eigenvalue weighted by Gasteiger charge is 2.29. The summed E-state index contributed by atoms with van der Waals surface area (Å²) < 4.78 is 18.0. The molecule has 1 N–H and O–H groups in total. The van der Waals surface area contributed by atoms with E-state index in [1.807, 2.05) is 13.8 Å². The maximum Gasteiger partial charge on any atom is 0.225 e. The van der Waals surface area contributed by atoms with E-state index < -0.39 is 0 Å². The van der Waals surface area contributed by atoms with Gasteiger partial charge in [-0.1, -0.05) is 26.0 Å². The number of nitrogens with zero attached hydrogens (tertiary/aromatic N) is 1. The Balaban J connectivity index is 0.000000379. The van der Waals surface area contributed by atoms with Gasteiger partial charge in [0.1, 0.15) is 17.9 Å². The number of aldehydes is 1. The van der Waals surface area contributed by atoms with E-state index in [0.29, 0.717) is 24.5 Å². The highest BCUT2D eigenvalue weighted by Crippen LogP contribution is 2.25. The zero-order valence-electron chi connectivity index (χ0n) is 21.2. The van der Waals surface area contributed by atoms with E-state index in [-0.39, 0.29) is 17.1 Å². The van der Waals surface area contributed by atoms with Crippen molar-refractivity contribution in [2.75, 3.05) is 26.7 Å². The van der Waals surface area contributed by atoms with Crippen LogP contribution in [-0.2, 0) is 4.79 Å². The lowest BCUT2D eigenvalue weighted by atomic mass is 9.86. The number of amides is 1. The number of hydrogen-bond acceptors (Lipinski definition) is 4. The van der Waals surface area contributed by atoms with E-state index in [0.717, 1.165) is 50.1 Å². The molecule has 0 atom stereocenters. The summed E-state index contributed by atoms with van der Waals surface area (Å²) in [6, 6.07) is 12.0. The minimum Gasteiger partial charge on any atom is -0.493 e. The van der Waals surface area contributed by atoms with Gasteiger partial charge in [-0.15, -0.1) is 0 Å². The fraction of sp³-hybridized carbons (Fsp3) is 0.500. The van der Waals surface area contributed by atoms with Crippen molar-refractivity contribution >= 4 is 12.2 Å². The quantitative estimate of drug-likeness (QED) is 0.418. The Hall–Kier alpha value is -2.73. The lowest BCUT2D eigenvalue weighted by Crippen LogP contribution is -2.47. The van der Waals surface area contributed by atoms with E-state index in [1.165, 1.54) is 29.8 Å². The van der Waals surface area contributed by atoms with Crippen molar-refractivity contribution in [1.82, 2.24) is 10.2 Å². The maximum atomic E-state index is 12.6. The molecule has 0 saturated carbocycles. The average molecular weight is 471 g/mol. The van der Waals surface area contributed by atoms with Gasteiger partial charge in [-0.2, -0.15) is 0 Å². The molecule has 2 aromatic carbocycles. The molecule has 1 heterocycles. The lowest BCUT2D eigenvalue weighted by Gasteiger charge is -2.32. The van der Waals surface area contributed by atoms with Gasteiger partial charge in [0.2, 0.25) is 5.91 Å². The molecule has 5 nitrogen and oxygen atoms in total. The summed E-state index contributed by atoms with van der Waals surface area (Å²) in [7, 11) is 2.14. The molecular formula is C28H39FN2O3. The third-order valence-corrected chi connectivity index (χ3v) is 6.22. The van der Waals surface area contributed by atoms with Gasteiger partial charge >= 0.3 is 0 Å². The predicted octanol–water partition coefficient (Wildman–Crippen LogP) is 5.34. The van der Waals surface area contributed by atoms with Crippen LogP contribution >= 0.6 is 0 Å². The predicted molar refractivity (Wildman–Crippen MR) is 135 cm³/mol. The smallest absolute Gasteiger partial charge is 0.225 e. The number of piperidine rings is 1. The molecule has 1 aliphatic heterocycles. The van der Waals surface area contributed by atoms with Crippen molar-refractivity contribution < 1.29 is 18.7 Å². The number of carbonyl (C=O) groups excluding carboxylic acids is 2. The minimum absolute atomic E-state index is 0.175. The van der Waals surface area contributed by atoms with Gasteiger partial charge in [-0.05, 0) is 101 Å². The zero-order valence-corrected chi connectivity index (χ0v) is 21.2. The van der Waals surface area contributed by atoms with Gasteiger partial charge in [0.25, 0.3) is 0 Å². The number of carbonyl (C=O) groups is 2. The lowest BCUT2D eigenvalue weighted by molar-refractivity contribution is -0.130. The molecule has 2 aromatic rings. The van der Waals surface area contributed by atoms with E-state index in [1.54, 1.807) is 0 Å². The summed E-state index contributed by atoms with van der Waals surface area (Å²) in [6.07, 6.45) is 4.49. The molecule has 186 valence electrons. The summed E-state index contributed by atoms with van der Waals surface area (Å²) in [5.41, 5.74) is 2.51. The van der Waals surface area contributed by atoms with Gasteiger partial charge in [-0.25, -0.2) is 4.39 Å². The Labute approximate surface area is 203 Å². The van der Waals surface area contributed by atoms with E-state index in [4.69, 9.17) is 4.74 Å². The first kappa shape index (κ1) is 27.5. The Morgan fingerprint density at radius 2 is 1.79 bits per heavy atom. The first-order valence-corrected chi connectivity index (χ1v) is 12.0. The average Bonchev–Trinajstić information content (AvgIpc) is 2.81. The fourth-order valence-corrected chi connectivity index (χ4v) is 3.75. The van der Waals surface area contributed by atoms with Crippen LogP contribution in [0.4, 0.5) is 4.39 Å². The van der Waals surface area contributed by atoms with Crippen LogP contribution in [0, 0.1) is 25.1 Å². The Kier molecular flexibility index (Phi) is 10.7. The monoisotopic (exact) mass is 470 g/mol. The number of aryl methyl sites for hydroxylation is 2. The van der Waals surface area contributed by atoms with Crippen LogP contribution < -0.4 is 10.1 Å². The SMILES string of the molecule is Cc1ccc(C)c(OCCCC(C)(C)C(=O)NC2CCN(C)CC2)c1.O=Cc1ccc(F)cc1. The van der Waals surface area contributed by atoms with Crippen molar-refractivity contribution in [2.24, 2.45) is 5.41 Å². The van der Waals surface area contributed by atoms with Crippen LogP contribution in [0.2, 0.25) is 0 Å². The van der Waals surface area contributed by atoms with E-state index in [2.05, 4.69) is 49.3 Å². The van der Waals surface area contributed by atoms with Crippen molar-refractivity contribution in [3.8, 4) is 5.75 Å². The molecule has 0 spiro atoms. The highest BCUT2D eigenvalue weighted by molar-refractivity contribution is 5.82. The van der Waals surface area contributed by atoms with Crippen molar-refractivity contribution in [3.05, 3.63) is 65.0 Å². The summed E-state index contributed by atoms with van der Waals surface area (Å²) >= 11 is 0. The summed E-state index contributed by atoms with van der Waals surface area (Å²) in [6.45, 7) is 11.0. The summed E-state index contributed by atoms with van der Waals surface area (Å²) in [5.74, 6) is 0.808. The fourth-order valence-electron chi connectivity index (χ4n) is 3.75. The molecule has 1 amide bonds. The number of benzene rings is 2. The normalized spacial score (nSPS) is 14.6. The van der Waals surface area contributed by atoms with Crippen LogP contribution in [0.1, 0.15) is 61.0 Å². The molecule has 0 aromatic heterocycles. The first-order valence-electron chi connectivity index (χ1n) is 12.0. The largest absolute Gasteiger partial charge is 0.493 e. The zero-order chi connectivity index (χ0) is 25.1. The van der Waals surface area contributed by atoms with Crippen LogP contribution in [-0.4, -0.2) is 49.9 Å². The molecule has 34 heavy (non-hydrogen) atoms. The molecule has 3 rings (SSSR count). The Bertz CT molecular complexity index is 920. The van der Waals surface area contributed by atoms with Gasteiger partial charge in [-0.3, -0.25) is 9.59 Å². The van der Waals surface area contributed by atoms with Gasteiger partial charge in [0, 0.05) is 17.0 Å². The molecule has 1 saturated heterocycles.